The fraction of sp³-hybridized carbons (Fsp3) is 0.444. The van der Waals surface area contributed by atoms with Crippen molar-refractivity contribution >= 4 is 17.4 Å². The first kappa shape index (κ1) is 15.6. The summed E-state index contributed by atoms with van der Waals surface area (Å²) in [5.74, 6) is 1.08. The zero-order valence-corrected chi connectivity index (χ0v) is 13.6. The Bertz CT molecular complexity index is 678. The maximum Gasteiger partial charge on any atom is 0.253 e. The van der Waals surface area contributed by atoms with Crippen LogP contribution in [0.3, 0.4) is 0 Å². The van der Waals surface area contributed by atoms with Gasteiger partial charge in [-0.3, -0.25) is 14.5 Å². The van der Waals surface area contributed by atoms with Gasteiger partial charge in [-0.25, -0.2) is 0 Å². The fourth-order valence-electron chi connectivity index (χ4n) is 3.29. The van der Waals surface area contributed by atoms with Gasteiger partial charge in [-0.2, -0.15) is 0 Å². The Hall–Kier alpha value is -2.30. The van der Waals surface area contributed by atoms with E-state index in [-0.39, 0.29) is 11.8 Å². The molecule has 1 aromatic carbocycles. The molecule has 1 aliphatic heterocycles. The Morgan fingerprint density at radius 3 is 2.48 bits per heavy atom. The highest BCUT2D eigenvalue weighted by atomic mass is 16.5. The molecule has 0 bridgehead atoms. The quantitative estimate of drug-likeness (QED) is 0.805. The van der Waals surface area contributed by atoms with Crippen molar-refractivity contribution in [3.63, 3.8) is 0 Å². The van der Waals surface area contributed by atoms with Gasteiger partial charge in [-0.1, -0.05) is 0 Å². The molecular formula is C18H21NO4. The number of allylic oxidation sites excluding steroid dienone is 1. The largest absolute Gasteiger partial charge is 0.493 e. The van der Waals surface area contributed by atoms with Crippen molar-refractivity contribution in [1.82, 2.24) is 4.90 Å². The van der Waals surface area contributed by atoms with E-state index < -0.39 is 0 Å². The number of carbonyl (C=O) groups is 2. The third-order valence-electron chi connectivity index (χ3n) is 4.48. The number of benzene rings is 1. The Morgan fingerprint density at radius 2 is 1.83 bits per heavy atom. The predicted octanol–water partition coefficient (Wildman–Crippen LogP) is 2.57. The lowest BCUT2D eigenvalue weighted by atomic mass is 9.86. The highest BCUT2D eigenvalue weighted by Gasteiger charge is 2.26. The molecular weight excluding hydrogens is 294 g/mol. The van der Waals surface area contributed by atoms with E-state index >= 15 is 0 Å². The standard InChI is InChI=1S/C18H21NO4/c1-22-15-9-12-5-3-6-13(14(12)11-16(15)23-2)10-18(21)19-8-4-7-17(19)20/h9-11H,3-8H2,1-2H3/b13-10-. The van der Waals surface area contributed by atoms with Crippen LogP contribution in [0.1, 0.15) is 36.8 Å². The van der Waals surface area contributed by atoms with Crippen molar-refractivity contribution in [3.8, 4) is 11.5 Å². The first-order chi connectivity index (χ1) is 11.1. The van der Waals surface area contributed by atoms with E-state index in [1.165, 1.54) is 4.90 Å². The molecule has 1 aromatic rings. The van der Waals surface area contributed by atoms with E-state index in [2.05, 4.69) is 0 Å². The molecule has 0 unspecified atom stereocenters. The average Bonchev–Trinajstić information content (AvgIpc) is 3.00. The molecule has 0 radical (unpaired) electrons. The van der Waals surface area contributed by atoms with Crippen LogP contribution in [0.5, 0.6) is 11.5 Å². The van der Waals surface area contributed by atoms with Gasteiger partial charge in [0.1, 0.15) is 0 Å². The van der Waals surface area contributed by atoms with Gasteiger partial charge in [0.15, 0.2) is 11.5 Å². The molecule has 23 heavy (non-hydrogen) atoms. The van der Waals surface area contributed by atoms with Crippen LogP contribution >= 0.6 is 0 Å². The van der Waals surface area contributed by atoms with Gasteiger partial charge in [0, 0.05) is 19.0 Å². The molecule has 0 spiro atoms. The summed E-state index contributed by atoms with van der Waals surface area (Å²) in [4.78, 5) is 25.5. The smallest absolute Gasteiger partial charge is 0.253 e. The Balaban J connectivity index is 1.96. The first-order valence-electron chi connectivity index (χ1n) is 7.94. The number of hydrogen-bond donors (Lipinski definition) is 0. The number of ether oxygens (including phenoxy) is 2. The van der Waals surface area contributed by atoms with Gasteiger partial charge in [0.05, 0.1) is 14.2 Å². The number of likely N-dealkylation sites (tertiary alicyclic amines) is 1. The van der Waals surface area contributed by atoms with Crippen LogP contribution in [0.15, 0.2) is 18.2 Å². The molecule has 2 aliphatic rings. The second-order valence-electron chi connectivity index (χ2n) is 5.87. The van der Waals surface area contributed by atoms with Crippen LogP contribution in [0.25, 0.3) is 5.57 Å². The molecule has 1 saturated heterocycles. The van der Waals surface area contributed by atoms with E-state index in [0.717, 1.165) is 42.4 Å². The molecule has 5 heteroatoms. The molecule has 2 amide bonds. The maximum absolute atomic E-state index is 12.4. The van der Waals surface area contributed by atoms with E-state index in [4.69, 9.17) is 9.47 Å². The van der Waals surface area contributed by atoms with Gasteiger partial charge >= 0.3 is 0 Å². The lowest BCUT2D eigenvalue weighted by Gasteiger charge is -2.22. The number of hydrogen-bond acceptors (Lipinski definition) is 4. The van der Waals surface area contributed by atoms with Crippen molar-refractivity contribution in [1.29, 1.82) is 0 Å². The number of fused-ring (bicyclic) bond motifs is 1. The maximum atomic E-state index is 12.4. The number of imide groups is 1. The summed E-state index contributed by atoms with van der Waals surface area (Å²) < 4.78 is 10.7. The van der Waals surface area contributed by atoms with Crippen LogP contribution in [0.2, 0.25) is 0 Å². The van der Waals surface area contributed by atoms with Crippen molar-refractivity contribution < 1.29 is 19.1 Å². The number of methoxy groups -OCH3 is 2. The number of nitrogens with zero attached hydrogens (tertiary/aromatic N) is 1. The van der Waals surface area contributed by atoms with Gasteiger partial charge in [0.2, 0.25) is 5.91 Å². The van der Waals surface area contributed by atoms with E-state index in [0.29, 0.717) is 24.5 Å². The topological polar surface area (TPSA) is 55.8 Å². The third-order valence-corrected chi connectivity index (χ3v) is 4.48. The lowest BCUT2D eigenvalue weighted by molar-refractivity contribution is -0.138. The van der Waals surface area contributed by atoms with Crippen LogP contribution in [0.4, 0.5) is 0 Å². The van der Waals surface area contributed by atoms with Gasteiger partial charge in [0.25, 0.3) is 5.91 Å². The SMILES string of the molecule is COc1cc2c(cc1OC)/C(=C\C(=O)N1CCCC1=O)CCC2. The molecule has 1 aliphatic carbocycles. The van der Waals surface area contributed by atoms with Gasteiger partial charge in [-0.15, -0.1) is 0 Å². The minimum absolute atomic E-state index is 0.0739. The number of aryl methyl sites for hydroxylation is 1. The molecule has 1 heterocycles. The molecule has 3 rings (SSSR count). The van der Waals surface area contributed by atoms with Crippen LogP contribution < -0.4 is 9.47 Å². The van der Waals surface area contributed by atoms with Crippen LogP contribution in [-0.2, 0) is 16.0 Å². The van der Waals surface area contributed by atoms with Gasteiger partial charge < -0.3 is 9.47 Å². The molecule has 0 aromatic heterocycles. The zero-order valence-electron chi connectivity index (χ0n) is 13.6. The Kier molecular flexibility index (Phi) is 4.37. The summed E-state index contributed by atoms with van der Waals surface area (Å²) in [6.07, 6.45) is 5.61. The second-order valence-corrected chi connectivity index (χ2v) is 5.87. The molecule has 0 saturated carbocycles. The van der Waals surface area contributed by atoms with Crippen molar-refractivity contribution in [2.24, 2.45) is 0 Å². The zero-order chi connectivity index (χ0) is 16.4. The minimum atomic E-state index is -0.204. The van der Waals surface area contributed by atoms with Crippen molar-refractivity contribution in [2.75, 3.05) is 20.8 Å². The molecule has 0 atom stereocenters. The molecule has 1 fully saturated rings. The van der Waals surface area contributed by atoms with Crippen molar-refractivity contribution in [2.45, 2.75) is 32.1 Å². The molecule has 5 nitrogen and oxygen atoms in total. The Morgan fingerprint density at radius 1 is 1.09 bits per heavy atom. The highest BCUT2D eigenvalue weighted by Crippen LogP contribution is 2.38. The van der Waals surface area contributed by atoms with Gasteiger partial charge in [-0.05, 0) is 54.5 Å². The summed E-state index contributed by atoms with van der Waals surface area (Å²) in [6, 6.07) is 3.91. The van der Waals surface area contributed by atoms with E-state index in [1.807, 2.05) is 12.1 Å². The van der Waals surface area contributed by atoms with E-state index in [9.17, 15) is 9.59 Å². The first-order valence-corrected chi connectivity index (χ1v) is 7.94. The second kappa shape index (κ2) is 6.44. The fourth-order valence-corrected chi connectivity index (χ4v) is 3.29. The number of amides is 2. The lowest BCUT2D eigenvalue weighted by Crippen LogP contribution is -2.30. The summed E-state index contributed by atoms with van der Waals surface area (Å²) in [5, 5.41) is 0. The summed E-state index contributed by atoms with van der Waals surface area (Å²) >= 11 is 0. The van der Waals surface area contributed by atoms with Crippen molar-refractivity contribution in [3.05, 3.63) is 29.3 Å². The summed E-state index contributed by atoms with van der Waals surface area (Å²) in [5.41, 5.74) is 3.14. The highest BCUT2D eigenvalue weighted by molar-refractivity contribution is 6.05. The minimum Gasteiger partial charge on any atom is -0.493 e. The predicted molar refractivity (Wildman–Crippen MR) is 86.4 cm³/mol. The normalized spacial score (nSPS) is 19.0. The monoisotopic (exact) mass is 315 g/mol. The number of rotatable bonds is 3. The number of carbonyl (C=O) groups excluding carboxylic acids is 2. The summed E-state index contributed by atoms with van der Waals surface area (Å²) in [7, 11) is 3.22. The van der Waals surface area contributed by atoms with Crippen LogP contribution in [-0.4, -0.2) is 37.5 Å². The van der Waals surface area contributed by atoms with Crippen LogP contribution in [0, 0.1) is 0 Å². The summed E-state index contributed by atoms with van der Waals surface area (Å²) in [6.45, 7) is 0.528. The van der Waals surface area contributed by atoms with E-state index in [1.54, 1.807) is 20.3 Å². The average molecular weight is 315 g/mol. The molecule has 0 N–H and O–H groups in total. The molecule has 122 valence electrons. The third kappa shape index (κ3) is 2.96. The Labute approximate surface area is 135 Å².